The van der Waals surface area contributed by atoms with Gasteiger partial charge in [-0.1, -0.05) is 0 Å². The van der Waals surface area contributed by atoms with Crippen molar-refractivity contribution in [2.75, 3.05) is 45.7 Å². The maximum atomic E-state index is 12.3. The molecule has 0 unspecified atom stereocenters. The van der Waals surface area contributed by atoms with Gasteiger partial charge in [-0.25, -0.2) is 13.1 Å². The molecule has 0 fully saturated rings. The monoisotopic (exact) mass is 327 g/mol. The number of benzene rings is 1. The standard InChI is InChI=1S/C14H21N3O4S/c1-16(2)8-4-7-15-22(19,20)11-5-6-13-12(9-11)17(3)14(18)10-21-13/h5-6,9,15H,4,7-8,10H2,1-3H3. The SMILES string of the molecule is CN(C)CCCNS(=O)(=O)c1ccc2c(c1)N(C)C(=O)CO2. The lowest BCUT2D eigenvalue weighted by atomic mass is 10.2. The molecule has 7 nitrogen and oxygen atoms in total. The third-order valence-electron chi connectivity index (χ3n) is 3.40. The second-order valence-electron chi connectivity index (χ2n) is 5.43. The Kier molecular flexibility index (Phi) is 5.05. The summed E-state index contributed by atoms with van der Waals surface area (Å²) in [5, 5.41) is 0. The van der Waals surface area contributed by atoms with Crippen molar-refractivity contribution >= 4 is 21.6 Å². The van der Waals surface area contributed by atoms with Crippen LogP contribution in [0.4, 0.5) is 5.69 Å². The molecule has 1 aliphatic heterocycles. The van der Waals surface area contributed by atoms with Crippen LogP contribution in [0.5, 0.6) is 5.75 Å². The number of fused-ring (bicyclic) bond motifs is 1. The summed E-state index contributed by atoms with van der Waals surface area (Å²) in [6, 6.07) is 4.52. The van der Waals surface area contributed by atoms with Gasteiger partial charge in [0.15, 0.2) is 6.61 Å². The third-order valence-corrected chi connectivity index (χ3v) is 4.86. The van der Waals surface area contributed by atoms with Gasteiger partial charge in [0.2, 0.25) is 10.0 Å². The molecule has 22 heavy (non-hydrogen) atoms. The van der Waals surface area contributed by atoms with Gasteiger partial charge in [0, 0.05) is 13.6 Å². The van der Waals surface area contributed by atoms with Crippen molar-refractivity contribution in [3.63, 3.8) is 0 Å². The summed E-state index contributed by atoms with van der Waals surface area (Å²) < 4.78 is 32.4. The van der Waals surface area contributed by atoms with E-state index >= 15 is 0 Å². The summed E-state index contributed by atoms with van der Waals surface area (Å²) in [5.74, 6) is 0.301. The summed E-state index contributed by atoms with van der Waals surface area (Å²) in [4.78, 5) is 15.1. The number of amides is 1. The van der Waals surface area contributed by atoms with E-state index in [9.17, 15) is 13.2 Å². The van der Waals surface area contributed by atoms with Crippen LogP contribution in [0.3, 0.4) is 0 Å². The summed E-state index contributed by atoms with van der Waals surface area (Å²) in [6.45, 7) is 1.14. The molecule has 1 aromatic carbocycles. The topological polar surface area (TPSA) is 79.0 Å². The van der Waals surface area contributed by atoms with Crippen LogP contribution in [0.25, 0.3) is 0 Å². The average molecular weight is 327 g/mol. The largest absolute Gasteiger partial charge is 0.482 e. The maximum Gasteiger partial charge on any atom is 0.264 e. The molecule has 0 aromatic heterocycles. The van der Waals surface area contributed by atoms with Crippen molar-refractivity contribution in [3.8, 4) is 5.75 Å². The van der Waals surface area contributed by atoms with Crippen molar-refractivity contribution in [2.24, 2.45) is 0 Å². The number of likely N-dealkylation sites (N-methyl/N-ethyl adjacent to an activating group) is 1. The number of anilines is 1. The van der Waals surface area contributed by atoms with Gasteiger partial charge in [-0.2, -0.15) is 0 Å². The normalized spacial score (nSPS) is 14.9. The molecule has 0 aliphatic carbocycles. The van der Waals surface area contributed by atoms with Crippen LogP contribution in [0.1, 0.15) is 6.42 Å². The van der Waals surface area contributed by atoms with Gasteiger partial charge in [-0.15, -0.1) is 0 Å². The molecule has 0 bridgehead atoms. The molecule has 1 aliphatic rings. The molecule has 0 spiro atoms. The number of ether oxygens (including phenoxy) is 1. The van der Waals surface area contributed by atoms with Crippen LogP contribution in [0.15, 0.2) is 23.1 Å². The van der Waals surface area contributed by atoms with Gasteiger partial charge in [0.05, 0.1) is 10.6 Å². The highest BCUT2D eigenvalue weighted by Gasteiger charge is 2.24. The molecule has 0 saturated heterocycles. The zero-order valence-electron chi connectivity index (χ0n) is 13.0. The highest BCUT2D eigenvalue weighted by Crippen LogP contribution is 2.33. The Morgan fingerprint density at radius 2 is 2.09 bits per heavy atom. The molecule has 1 amide bonds. The molecule has 1 aromatic rings. The maximum absolute atomic E-state index is 12.3. The smallest absolute Gasteiger partial charge is 0.264 e. The van der Waals surface area contributed by atoms with Crippen LogP contribution < -0.4 is 14.4 Å². The Labute approximate surface area is 130 Å². The molecule has 1 heterocycles. The first-order valence-corrected chi connectivity index (χ1v) is 8.47. The van der Waals surface area contributed by atoms with Crippen molar-refractivity contribution < 1.29 is 17.9 Å². The van der Waals surface area contributed by atoms with E-state index in [4.69, 9.17) is 4.74 Å². The fourth-order valence-corrected chi connectivity index (χ4v) is 3.20. The highest BCUT2D eigenvalue weighted by atomic mass is 32.2. The van der Waals surface area contributed by atoms with Gasteiger partial charge < -0.3 is 14.5 Å². The second-order valence-corrected chi connectivity index (χ2v) is 7.19. The van der Waals surface area contributed by atoms with E-state index in [0.29, 0.717) is 18.0 Å². The number of carbonyl (C=O) groups is 1. The van der Waals surface area contributed by atoms with E-state index in [1.807, 2.05) is 19.0 Å². The Morgan fingerprint density at radius 1 is 1.36 bits per heavy atom. The average Bonchev–Trinajstić information content (AvgIpc) is 2.47. The molecule has 0 saturated carbocycles. The van der Waals surface area contributed by atoms with Crippen molar-refractivity contribution in [1.29, 1.82) is 0 Å². The molecule has 2 rings (SSSR count). The zero-order chi connectivity index (χ0) is 16.3. The Balaban J connectivity index is 2.13. The minimum atomic E-state index is -3.59. The first-order chi connectivity index (χ1) is 10.3. The van der Waals surface area contributed by atoms with Crippen LogP contribution in [0, 0.1) is 0 Å². The van der Waals surface area contributed by atoms with Crippen molar-refractivity contribution in [3.05, 3.63) is 18.2 Å². The van der Waals surface area contributed by atoms with E-state index in [1.54, 1.807) is 13.1 Å². The van der Waals surface area contributed by atoms with Crippen LogP contribution in [-0.4, -0.2) is 60.1 Å². The lowest BCUT2D eigenvalue weighted by molar-refractivity contribution is -0.120. The predicted octanol–water partition coefficient (Wildman–Crippen LogP) is 0.272. The Bertz CT molecular complexity index is 658. The third kappa shape index (κ3) is 3.76. The summed E-state index contributed by atoms with van der Waals surface area (Å²) >= 11 is 0. The van der Waals surface area contributed by atoms with E-state index in [2.05, 4.69) is 4.72 Å². The lowest BCUT2D eigenvalue weighted by Crippen LogP contribution is -2.35. The molecule has 1 N–H and O–H groups in total. The molecular weight excluding hydrogens is 306 g/mol. The quantitative estimate of drug-likeness (QED) is 0.759. The first-order valence-electron chi connectivity index (χ1n) is 6.99. The van der Waals surface area contributed by atoms with Crippen LogP contribution in [0.2, 0.25) is 0 Å². The second kappa shape index (κ2) is 6.64. The zero-order valence-corrected chi connectivity index (χ0v) is 13.8. The van der Waals surface area contributed by atoms with Gasteiger partial charge >= 0.3 is 0 Å². The number of nitrogens with zero attached hydrogens (tertiary/aromatic N) is 2. The first kappa shape index (κ1) is 16.7. The number of rotatable bonds is 6. The Hall–Kier alpha value is -1.64. The lowest BCUT2D eigenvalue weighted by Gasteiger charge is -2.26. The van der Waals surface area contributed by atoms with Crippen LogP contribution in [-0.2, 0) is 14.8 Å². The van der Waals surface area contributed by atoms with Crippen LogP contribution >= 0.6 is 0 Å². The van der Waals surface area contributed by atoms with Crippen molar-refractivity contribution in [2.45, 2.75) is 11.3 Å². The van der Waals surface area contributed by atoms with E-state index in [1.165, 1.54) is 17.0 Å². The molecule has 0 radical (unpaired) electrons. The van der Waals surface area contributed by atoms with Gasteiger partial charge in [-0.05, 0) is 45.3 Å². The number of nitrogens with one attached hydrogen (secondary N) is 1. The number of sulfonamides is 1. The van der Waals surface area contributed by atoms with Gasteiger partial charge in [0.25, 0.3) is 5.91 Å². The number of carbonyl (C=O) groups excluding carboxylic acids is 1. The number of hydrogen-bond acceptors (Lipinski definition) is 5. The molecule has 8 heteroatoms. The summed E-state index contributed by atoms with van der Waals surface area (Å²) in [5.41, 5.74) is 0.465. The van der Waals surface area contributed by atoms with Gasteiger partial charge in [0.1, 0.15) is 5.75 Å². The van der Waals surface area contributed by atoms with E-state index in [-0.39, 0.29) is 17.4 Å². The minimum Gasteiger partial charge on any atom is -0.482 e. The fraction of sp³-hybridized carbons (Fsp3) is 0.500. The number of hydrogen-bond donors (Lipinski definition) is 1. The summed E-state index contributed by atoms with van der Waals surface area (Å²) in [6.07, 6.45) is 0.721. The van der Waals surface area contributed by atoms with E-state index in [0.717, 1.165) is 13.0 Å². The Morgan fingerprint density at radius 3 is 2.77 bits per heavy atom. The molecule has 0 atom stereocenters. The van der Waals surface area contributed by atoms with E-state index < -0.39 is 10.0 Å². The fourth-order valence-electron chi connectivity index (χ4n) is 2.10. The molecule has 122 valence electrons. The highest BCUT2D eigenvalue weighted by molar-refractivity contribution is 7.89. The van der Waals surface area contributed by atoms with Crippen molar-refractivity contribution in [1.82, 2.24) is 9.62 Å². The predicted molar refractivity (Wildman–Crippen MR) is 83.7 cm³/mol. The summed E-state index contributed by atoms with van der Waals surface area (Å²) in [7, 11) is 1.88. The van der Waals surface area contributed by atoms with Gasteiger partial charge in [-0.3, -0.25) is 4.79 Å². The minimum absolute atomic E-state index is 0.0294. The molecular formula is C14H21N3O4S.